The van der Waals surface area contributed by atoms with Crippen LogP contribution in [0, 0.1) is 0 Å². The quantitative estimate of drug-likeness (QED) is 0.837. The SMILES string of the molecule is CCNC(Cc1cc(CC)nn1CC)c1cccc(Cl)c1. The van der Waals surface area contributed by atoms with Gasteiger partial charge in [-0.15, -0.1) is 0 Å². The molecule has 1 N–H and O–H groups in total. The van der Waals surface area contributed by atoms with Crippen LogP contribution in [0.15, 0.2) is 30.3 Å². The van der Waals surface area contributed by atoms with E-state index in [4.69, 9.17) is 11.6 Å². The Balaban J connectivity index is 2.25. The minimum absolute atomic E-state index is 0.264. The second kappa shape index (κ2) is 7.62. The molecule has 114 valence electrons. The van der Waals surface area contributed by atoms with Gasteiger partial charge in [-0.25, -0.2) is 0 Å². The van der Waals surface area contributed by atoms with E-state index in [1.165, 1.54) is 11.3 Å². The third-order valence-electron chi connectivity index (χ3n) is 3.69. The molecule has 0 bridgehead atoms. The highest BCUT2D eigenvalue weighted by Crippen LogP contribution is 2.22. The first kappa shape index (κ1) is 16.1. The zero-order chi connectivity index (χ0) is 15.2. The molecule has 0 fully saturated rings. The van der Waals surface area contributed by atoms with E-state index in [1.807, 2.05) is 18.2 Å². The van der Waals surface area contributed by atoms with E-state index >= 15 is 0 Å². The fourth-order valence-corrected chi connectivity index (χ4v) is 2.81. The third-order valence-corrected chi connectivity index (χ3v) is 3.93. The van der Waals surface area contributed by atoms with E-state index in [0.717, 1.165) is 36.6 Å². The highest BCUT2D eigenvalue weighted by molar-refractivity contribution is 6.30. The van der Waals surface area contributed by atoms with Gasteiger partial charge >= 0.3 is 0 Å². The van der Waals surface area contributed by atoms with Crippen molar-refractivity contribution >= 4 is 11.6 Å². The van der Waals surface area contributed by atoms with Crippen molar-refractivity contribution < 1.29 is 0 Å². The van der Waals surface area contributed by atoms with E-state index in [2.05, 4.69) is 48.0 Å². The van der Waals surface area contributed by atoms with E-state index < -0.39 is 0 Å². The van der Waals surface area contributed by atoms with Crippen molar-refractivity contribution in [3.05, 3.63) is 52.3 Å². The Labute approximate surface area is 132 Å². The highest BCUT2D eigenvalue weighted by Gasteiger charge is 2.15. The first-order chi connectivity index (χ1) is 10.2. The molecule has 1 aromatic carbocycles. The summed E-state index contributed by atoms with van der Waals surface area (Å²) in [6, 6.07) is 10.6. The second-order valence-electron chi connectivity index (χ2n) is 5.17. The molecule has 0 aliphatic heterocycles. The number of aromatic nitrogens is 2. The first-order valence-electron chi connectivity index (χ1n) is 7.72. The van der Waals surface area contributed by atoms with Crippen molar-refractivity contribution in [1.29, 1.82) is 0 Å². The predicted octanol–water partition coefficient (Wildman–Crippen LogP) is 4.01. The van der Waals surface area contributed by atoms with Crippen LogP contribution in [-0.4, -0.2) is 16.3 Å². The molecule has 21 heavy (non-hydrogen) atoms. The Morgan fingerprint density at radius 1 is 1.24 bits per heavy atom. The molecule has 2 aromatic rings. The number of hydrogen-bond donors (Lipinski definition) is 1. The topological polar surface area (TPSA) is 29.9 Å². The summed E-state index contributed by atoms with van der Waals surface area (Å²) >= 11 is 6.13. The van der Waals surface area contributed by atoms with Gasteiger partial charge in [0.25, 0.3) is 0 Å². The van der Waals surface area contributed by atoms with E-state index in [1.54, 1.807) is 0 Å². The summed E-state index contributed by atoms with van der Waals surface area (Å²) in [4.78, 5) is 0. The molecule has 4 heteroatoms. The number of aryl methyl sites for hydroxylation is 2. The summed E-state index contributed by atoms with van der Waals surface area (Å²) in [5.41, 5.74) is 3.67. The molecule has 0 aliphatic rings. The van der Waals surface area contributed by atoms with Crippen LogP contribution in [0.4, 0.5) is 0 Å². The normalized spacial score (nSPS) is 12.6. The summed E-state index contributed by atoms with van der Waals surface area (Å²) in [6.45, 7) is 8.25. The minimum Gasteiger partial charge on any atom is -0.310 e. The number of benzene rings is 1. The fourth-order valence-electron chi connectivity index (χ4n) is 2.61. The van der Waals surface area contributed by atoms with Crippen LogP contribution in [0.25, 0.3) is 0 Å². The molecular formula is C17H24ClN3. The van der Waals surface area contributed by atoms with E-state index in [0.29, 0.717) is 0 Å². The molecule has 0 radical (unpaired) electrons. The van der Waals surface area contributed by atoms with Gasteiger partial charge in [0, 0.05) is 29.7 Å². The lowest BCUT2D eigenvalue weighted by Crippen LogP contribution is -2.24. The van der Waals surface area contributed by atoms with Gasteiger partial charge in [-0.1, -0.05) is 37.6 Å². The Morgan fingerprint density at radius 2 is 2.05 bits per heavy atom. The van der Waals surface area contributed by atoms with Crippen LogP contribution in [0.5, 0.6) is 0 Å². The van der Waals surface area contributed by atoms with E-state index in [9.17, 15) is 0 Å². The van der Waals surface area contributed by atoms with Gasteiger partial charge in [-0.2, -0.15) is 5.10 Å². The Hall–Kier alpha value is -1.32. The Bertz CT molecular complexity index is 577. The zero-order valence-corrected chi connectivity index (χ0v) is 13.8. The number of likely N-dealkylation sites (N-methyl/N-ethyl adjacent to an activating group) is 1. The van der Waals surface area contributed by atoms with Crippen molar-refractivity contribution in [1.82, 2.24) is 15.1 Å². The monoisotopic (exact) mass is 305 g/mol. The van der Waals surface area contributed by atoms with Gasteiger partial charge in [0.15, 0.2) is 0 Å². The molecule has 3 nitrogen and oxygen atoms in total. The molecule has 1 unspecified atom stereocenters. The van der Waals surface area contributed by atoms with Gasteiger partial charge < -0.3 is 5.32 Å². The Kier molecular flexibility index (Phi) is 5.83. The zero-order valence-electron chi connectivity index (χ0n) is 13.1. The molecule has 0 saturated heterocycles. The molecule has 2 rings (SSSR count). The summed E-state index contributed by atoms with van der Waals surface area (Å²) in [6.07, 6.45) is 1.90. The fraction of sp³-hybridized carbons (Fsp3) is 0.471. The van der Waals surface area contributed by atoms with Crippen LogP contribution in [0.3, 0.4) is 0 Å². The second-order valence-corrected chi connectivity index (χ2v) is 5.60. The number of nitrogens with one attached hydrogen (secondary N) is 1. The van der Waals surface area contributed by atoms with Crippen molar-refractivity contribution in [3.8, 4) is 0 Å². The minimum atomic E-state index is 0.264. The lowest BCUT2D eigenvalue weighted by Gasteiger charge is -2.19. The molecular weight excluding hydrogens is 282 g/mol. The van der Waals surface area contributed by atoms with Gasteiger partial charge in [0.2, 0.25) is 0 Å². The van der Waals surface area contributed by atoms with Crippen LogP contribution in [0.2, 0.25) is 5.02 Å². The molecule has 1 aromatic heterocycles. The summed E-state index contributed by atoms with van der Waals surface area (Å²) in [5, 5.41) is 8.97. The lowest BCUT2D eigenvalue weighted by atomic mass is 10.0. The standard InChI is InChI=1S/C17H24ClN3/c1-4-15-11-16(21(6-3)20-15)12-17(19-5-2)13-8-7-9-14(18)10-13/h7-11,17,19H,4-6,12H2,1-3H3. The Morgan fingerprint density at radius 3 is 2.67 bits per heavy atom. The van der Waals surface area contributed by atoms with Crippen molar-refractivity contribution in [3.63, 3.8) is 0 Å². The predicted molar refractivity (Wildman–Crippen MR) is 88.9 cm³/mol. The summed E-state index contributed by atoms with van der Waals surface area (Å²) in [7, 11) is 0. The number of halogens is 1. The summed E-state index contributed by atoms with van der Waals surface area (Å²) < 4.78 is 2.10. The lowest BCUT2D eigenvalue weighted by molar-refractivity contribution is 0.516. The van der Waals surface area contributed by atoms with Gasteiger partial charge in [-0.05, 0) is 43.7 Å². The van der Waals surface area contributed by atoms with Gasteiger partial charge in [0.1, 0.15) is 0 Å². The smallest absolute Gasteiger partial charge is 0.0624 e. The average Bonchev–Trinajstić information content (AvgIpc) is 2.89. The first-order valence-corrected chi connectivity index (χ1v) is 8.10. The third kappa shape index (κ3) is 4.08. The maximum atomic E-state index is 6.13. The van der Waals surface area contributed by atoms with Gasteiger partial charge in [-0.3, -0.25) is 4.68 Å². The maximum Gasteiger partial charge on any atom is 0.0624 e. The van der Waals surface area contributed by atoms with Crippen molar-refractivity contribution in [2.24, 2.45) is 0 Å². The highest BCUT2D eigenvalue weighted by atomic mass is 35.5. The van der Waals surface area contributed by atoms with Crippen molar-refractivity contribution in [2.75, 3.05) is 6.54 Å². The van der Waals surface area contributed by atoms with Crippen LogP contribution >= 0.6 is 11.6 Å². The van der Waals surface area contributed by atoms with Crippen molar-refractivity contribution in [2.45, 2.75) is 46.2 Å². The van der Waals surface area contributed by atoms with Gasteiger partial charge in [0.05, 0.1) is 5.69 Å². The number of hydrogen-bond acceptors (Lipinski definition) is 2. The maximum absolute atomic E-state index is 6.13. The number of nitrogens with zero attached hydrogens (tertiary/aromatic N) is 2. The molecule has 0 aliphatic carbocycles. The molecule has 0 spiro atoms. The molecule has 0 saturated carbocycles. The average molecular weight is 306 g/mol. The largest absolute Gasteiger partial charge is 0.310 e. The van der Waals surface area contributed by atoms with Crippen LogP contribution in [-0.2, 0) is 19.4 Å². The van der Waals surface area contributed by atoms with Crippen LogP contribution in [0.1, 0.15) is 43.8 Å². The number of rotatable bonds is 7. The molecule has 0 amide bonds. The van der Waals surface area contributed by atoms with Crippen LogP contribution < -0.4 is 5.32 Å². The van der Waals surface area contributed by atoms with E-state index in [-0.39, 0.29) is 6.04 Å². The molecule has 1 atom stereocenters. The summed E-state index contributed by atoms with van der Waals surface area (Å²) in [5.74, 6) is 0. The molecule has 1 heterocycles.